The molecule has 0 rings (SSSR count). The molecule has 1 unspecified atom stereocenters. The molecule has 4 heteroatoms. The molecule has 0 aliphatic carbocycles. The predicted octanol–water partition coefficient (Wildman–Crippen LogP) is -3.46. The van der Waals surface area contributed by atoms with Gasteiger partial charge < -0.3 is 15.0 Å². The van der Waals surface area contributed by atoms with Gasteiger partial charge in [0.1, 0.15) is 0 Å². The van der Waals surface area contributed by atoms with Crippen LogP contribution in [0.5, 0.6) is 0 Å². The normalized spacial score (nSPS) is 11.8. The van der Waals surface area contributed by atoms with Crippen LogP contribution >= 0.6 is 0 Å². The third-order valence-electron chi connectivity index (χ3n) is 1.41. The number of aliphatic hydroxyl groups excluding tert-OH is 1. The van der Waals surface area contributed by atoms with Gasteiger partial charge in [-0.05, 0) is 18.8 Å². The number of hydrogen-bond acceptors (Lipinski definition) is 3. The maximum absolute atomic E-state index is 10.0. The molecule has 0 amide bonds. The van der Waals surface area contributed by atoms with E-state index in [0.29, 0.717) is 0 Å². The van der Waals surface area contributed by atoms with Gasteiger partial charge in [0.2, 0.25) is 0 Å². The van der Waals surface area contributed by atoms with Gasteiger partial charge in [-0.3, -0.25) is 0 Å². The van der Waals surface area contributed by atoms with Gasteiger partial charge in [0, 0.05) is 12.6 Å². The van der Waals surface area contributed by atoms with Crippen molar-refractivity contribution in [2.75, 3.05) is 6.61 Å². The minimum Gasteiger partial charge on any atom is -0.550 e. The van der Waals surface area contributed by atoms with Crippen LogP contribution in [0.4, 0.5) is 0 Å². The zero-order valence-corrected chi connectivity index (χ0v) is 7.17. The Morgan fingerprint density at radius 3 is 2.45 bits per heavy atom. The molecule has 0 spiro atoms. The standard InChI is InChI=1S/C7H14O3.Li/c1-2-3-6(5-8)4-7(9)10;/h6,8H,2-5H2,1H3,(H,9,10);/q;+1/p-1. The van der Waals surface area contributed by atoms with E-state index in [0.717, 1.165) is 12.8 Å². The van der Waals surface area contributed by atoms with Crippen LogP contribution in [0.15, 0.2) is 0 Å². The molecule has 0 fully saturated rings. The van der Waals surface area contributed by atoms with Gasteiger partial charge in [-0.1, -0.05) is 13.3 Å². The summed E-state index contributed by atoms with van der Waals surface area (Å²) in [5, 5.41) is 18.6. The summed E-state index contributed by atoms with van der Waals surface area (Å²) < 4.78 is 0. The molecule has 0 aromatic heterocycles. The molecule has 0 radical (unpaired) electrons. The van der Waals surface area contributed by atoms with E-state index in [1.54, 1.807) is 0 Å². The van der Waals surface area contributed by atoms with Crippen LogP contribution in [-0.4, -0.2) is 17.7 Å². The Bertz CT molecular complexity index is 106. The number of aliphatic carboxylic acids is 1. The van der Waals surface area contributed by atoms with Crippen molar-refractivity contribution in [1.29, 1.82) is 0 Å². The molecule has 1 atom stereocenters. The molecular weight excluding hydrogens is 139 g/mol. The Balaban J connectivity index is 0. The van der Waals surface area contributed by atoms with Gasteiger partial charge in [0.15, 0.2) is 0 Å². The number of carboxylic acid groups (broad SMARTS) is 1. The van der Waals surface area contributed by atoms with Crippen LogP contribution in [0.2, 0.25) is 0 Å². The minimum atomic E-state index is -1.08. The summed E-state index contributed by atoms with van der Waals surface area (Å²) in [7, 11) is 0. The first-order valence-corrected chi connectivity index (χ1v) is 3.51. The van der Waals surface area contributed by atoms with Gasteiger partial charge in [0.25, 0.3) is 0 Å². The first-order valence-electron chi connectivity index (χ1n) is 3.51. The molecule has 0 aromatic carbocycles. The van der Waals surface area contributed by atoms with Crippen molar-refractivity contribution in [2.45, 2.75) is 26.2 Å². The van der Waals surface area contributed by atoms with Crippen LogP contribution in [0, 0.1) is 5.92 Å². The van der Waals surface area contributed by atoms with Crippen LogP contribution in [0.1, 0.15) is 26.2 Å². The fraction of sp³-hybridized carbons (Fsp3) is 0.857. The van der Waals surface area contributed by atoms with Crippen molar-refractivity contribution in [2.24, 2.45) is 5.92 Å². The summed E-state index contributed by atoms with van der Waals surface area (Å²) in [5.74, 6) is -1.19. The molecule has 0 bridgehead atoms. The zero-order valence-electron chi connectivity index (χ0n) is 7.17. The van der Waals surface area contributed by atoms with Gasteiger partial charge in [-0.2, -0.15) is 0 Å². The van der Waals surface area contributed by atoms with Crippen LogP contribution in [0.25, 0.3) is 0 Å². The van der Waals surface area contributed by atoms with Crippen molar-refractivity contribution in [3.05, 3.63) is 0 Å². The van der Waals surface area contributed by atoms with Crippen molar-refractivity contribution in [1.82, 2.24) is 0 Å². The second-order valence-electron chi connectivity index (χ2n) is 2.41. The summed E-state index contributed by atoms with van der Waals surface area (Å²) in [4.78, 5) is 10.0. The summed E-state index contributed by atoms with van der Waals surface area (Å²) in [6, 6.07) is 0. The Kier molecular flexibility index (Phi) is 10.1. The number of carboxylic acids is 1. The number of hydrogen-bond donors (Lipinski definition) is 1. The number of carbonyl (C=O) groups is 1. The summed E-state index contributed by atoms with van der Waals surface area (Å²) in [6.45, 7) is 1.90. The Hall–Kier alpha value is 0.0274. The molecule has 0 heterocycles. The molecule has 60 valence electrons. The monoisotopic (exact) mass is 152 g/mol. The van der Waals surface area contributed by atoms with Crippen molar-refractivity contribution in [3.63, 3.8) is 0 Å². The third-order valence-corrected chi connectivity index (χ3v) is 1.41. The number of carbonyl (C=O) groups excluding carboxylic acids is 1. The molecule has 0 aliphatic heterocycles. The minimum absolute atomic E-state index is 0. The summed E-state index contributed by atoms with van der Waals surface area (Å²) in [5.41, 5.74) is 0. The van der Waals surface area contributed by atoms with Gasteiger partial charge in [0.05, 0.1) is 0 Å². The van der Waals surface area contributed by atoms with E-state index in [1.807, 2.05) is 6.92 Å². The Labute approximate surface area is 79.0 Å². The fourth-order valence-corrected chi connectivity index (χ4v) is 0.902. The van der Waals surface area contributed by atoms with E-state index in [-0.39, 0.29) is 37.8 Å². The Morgan fingerprint density at radius 2 is 2.18 bits per heavy atom. The largest absolute Gasteiger partial charge is 1.00 e. The summed E-state index contributed by atoms with van der Waals surface area (Å²) >= 11 is 0. The maximum Gasteiger partial charge on any atom is 1.00 e. The summed E-state index contributed by atoms with van der Waals surface area (Å²) in [6.07, 6.45) is 1.63. The topological polar surface area (TPSA) is 60.4 Å². The molecular formula is C7H13LiO3. The third kappa shape index (κ3) is 7.93. The predicted molar refractivity (Wildman–Crippen MR) is 35.1 cm³/mol. The van der Waals surface area contributed by atoms with Gasteiger partial charge in [-0.25, -0.2) is 0 Å². The quantitative estimate of drug-likeness (QED) is 0.416. The maximum atomic E-state index is 10.0. The fourth-order valence-electron chi connectivity index (χ4n) is 0.902. The second-order valence-corrected chi connectivity index (χ2v) is 2.41. The molecule has 0 aromatic rings. The van der Waals surface area contributed by atoms with E-state index in [4.69, 9.17) is 5.11 Å². The number of aliphatic hydroxyl groups is 1. The smallest absolute Gasteiger partial charge is 0.550 e. The van der Waals surface area contributed by atoms with Crippen LogP contribution in [0.3, 0.4) is 0 Å². The van der Waals surface area contributed by atoms with Gasteiger partial charge >= 0.3 is 18.9 Å². The van der Waals surface area contributed by atoms with Crippen LogP contribution in [-0.2, 0) is 4.79 Å². The Morgan fingerprint density at radius 1 is 1.64 bits per heavy atom. The molecule has 11 heavy (non-hydrogen) atoms. The van der Waals surface area contributed by atoms with Crippen molar-refractivity contribution >= 4 is 5.97 Å². The number of rotatable bonds is 5. The van der Waals surface area contributed by atoms with E-state index in [9.17, 15) is 9.90 Å². The van der Waals surface area contributed by atoms with Crippen molar-refractivity contribution < 1.29 is 33.9 Å². The molecule has 0 aliphatic rings. The van der Waals surface area contributed by atoms with E-state index >= 15 is 0 Å². The first kappa shape index (κ1) is 13.6. The van der Waals surface area contributed by atoms with Crippen molar-refractivity contribution in [3.8, 4) is 0 Å². The molecule has 3 nitrogen and oxygen atoms in total. The molecule has 1 N–H and O–H groups in total. The second kappa shape index (κ2) is 8.13. The van der Waals surface area contributed by atoms with Crippen LogP contribution < -0.4 is 24.0 Å². The first-order chi connectivity index (χ1) is 4.70. The van der Waals surface area contributed by atoms with E-state index in [1.165, 1.54) is 0 Å². The average Bonchev–Trinajstić information content (AvgIpc) is 1.86. The average molecular weight is 152 g/mol. The van der Waals surface area contributed by atoms with Gasteiger partial charge in [-0.15, -0.1) is 0 Å². The molecule has 0 saturated carbocycles. The molecule has 0 saturated heterocycles. The van der Waals surface area contributed by atoms with E-state index < -0.39 is 5.97 Å². The zero-order chi connectivity index (χ0) is 7.98. The van der Waals surface area contributed by atoms with E-state index in [2.05, 4.69) is 0 Å². The SMILES string of the molecule is CCCC(CO)CC(=O)[O-].[Li+].